The van der Waals surface area contributed by atoms with Gasteiger partial charge in [-0.05, 0) is 94.7 Å². The number of fused-ring (bicyclic) bond motifs is 14. The van der Waals surface area contributed by atoms with Crippen LogP contribution in [0.1, 0.15) is 30.0 Å². The summed E-state index contributed by atoms with van der Waals surface area (Å²) in [4.78, 5) is 11.8. The summed E-state index contributed by atoms with van der Waals surface area (Å²) in [5.41, 5.74) is 13.2. The van der Waals surface area contributed by atoms with Crippen LogP contribution in [0.5, 0.6) is 0 Å². The number of allylic oxidation sites excluding steroid dienone is 1. The number of aliphatic imine (C=N–C) groups is 2. The number of furan rings is 1. The van der Waals surface area contributed by atoms with Gasteiger partial charge in [-0.2, -0.15) is 0 Å². The summed E-state index contributed by atoms with van der Waals surface area (Å²) in [5.74, 6) is 0.682. The second kappa shape index (κ2) is 16.3. The first-order valence-corrected chi connectivity index (χ1v) is 26.6. The second-order valence-corrected chi connectivity index (χ2v) is 21.1. The summed E-state index contributed by atoms with van der Waals surface area (Å²) in [7, 11) is 0. The SMILES string of the molecule is CC1C/C=C(\c2cccc3c4ccccc4n(-c4ccccc4)c23)N=C(c2ccc(-n3c4cc5ccccc5cc4c4cc5ccccc5cc43)c3oc4ccccc4c23)N=C1c1cccc2c1sc1ccccc12. The molecule has 0 radical (unpaired) electrons. The van der Waals surface area contributed by atoms with Crippen molar-refractivity contribution in [2.24, 2.45) is 15.9 Å². The van der Waals surface area contributed by atoms with E-state index < -0.39 is 0 Å². The fourth-order valence-corrected chi connectivity index (χ4v) is 13.5. The fraction of sp³-hybridized carbons (Fsp3) is 0.0435. The van der Waals surface area contributed by atoms with Crippen LogP contribution in [-0.4, -0.2) is 20.7 Å². The lowest BCUT2D eigenvalue weighted by Crippen LogP contribution is -2.17. The number of para-hydroxylation sites is 4. The molecule has 5 nitrogen and oxygen atoms in total. The maximum atomic E-state index is 7.22. The number of amidine groups is 1. The minimum absolute atomic E-state index is 0.0404. The van der Waals surface area contributed by atoms with Gasteiger partial charge in [-0.15, -0.1) is 11.3 Å². The van der Waals surface area contributed by atoms with Crippen molar-refractivity contribution in [3.05, 3.63) is 247 Å². The van der Waals surface area contributed by atoms with Crippen LogP contribution in [0.25, 0.3) is 124 Å². The minimum atomic E-state index is 0.0404. The molecular weight excluding hydrogens is 933 g/mol. The Morgan fingerprint density at radius 1 is 0.467 bits per heavy atom. The summed E-state index contributed by atoms with van der Waals surface area (Å²) in [6, 6.07) is 81.2. The van der Waals surface area contributed by atoms with Crippen molar-refractivity contribution < 1.29 is 4.42 Å². The Morgan fingerprint density at radius 3 is 1.84 bits per heavy atom. The van der Waals surface area contributed by atoms with E-state index in [0.717, 1.165) is 89.9 Å². The highest BCUT2D eigenvalue weighted by Crippen LogP contribution is 2.44. The highest BCUT2D eigenvalue weighted by Gasteiger charge is 2.27. The van der Waals surface area contributed by atoms with Crippen LogP contribution in [0, 0.1) is 5.92 Å². The summed E-state index contributed by atoms with van der Waals surface area (Å²) in [6.07, 6.45) is 3.10. The normalized spacial score (nSPS) is 15.2. The first-order chi connectivity index (χ1) is 37.1. The zero-order valence-electron chi connectivity index (χ0n) is 40.8. The smallest absolute Gasteiger partial charge is 0.160 e. The molecule has 1 atom stereocenters. The molecule has 4 aromatic heterocycles. The Hall–Kier alpha value is -9.36. The lowest BCUT2D eigenvalue weighted by Gasteiger charge is -2.20. The number of benzene rings is 11. The molecule has 75 heavy (non-hydrogen) atoms. The maximum absolute atomic E-state index is 7.22. The van der Waals surface area contributed by atoms with E-state index in [1.807, 2.05) is 11.3 Å². The summed E-state index contributed by atoms with van der Waals surface area (Å²) in [5, 5.41) is 14.1. The Kier molecular flexibility index (Phi) is 9.18. The van der Waals surface area contributed by atoms with Gasteiger partial charge in [0.1, 0.15) is 5.58 Å². The highest BCUT2D eigenvalue weighted by molar-refractivity contribution is 7.26. The van der Waals surface area contributed by atoms with Gasteiger partial charge in [0.25, 0.3) is 0 Å². The molecule has 0 N–H and O–H groups in total. The molecule has 16 rings (SSSR count). The first kappa shape index (κ1) is 42.2. The molecule has 0 fully saturated rings. The molecule has 6 heteroatoms. The third-order valence-corrected chi connectivity index (χ3v) is 17.0. The molecule has 0 bridgehead atoms. The average molecular weight is 977 g/mol. The number of thiophene rings is 1. The molecular formula is C69H44N4OS. The molecule has 0 spiro atoms. The van der Waals surface area contributed by atoms with Gasteiger partial charge in [0, 0.05) is 80.8 Å². The quantitative estimate of drug-likeness (QED) is 0.169. The summed E-state index contributed by atoms with van der Waals surface area (Å²) < 4.78 is 14.6. The summed E-state index contributed by atoms with van der Waals surface area (Å²) in [6.45, 7) is 2.32. The molecule has 11 aromatic carbocycles. The van der Waals surface area contributed by atoms with E-state index in [-0.39, 0.29) is 5.92 Å². The van der Waals surface area contributed by atoms with Crippen molar-refractivity contribution in [3.8, 4) is 11.4 Å². The molecule has 0 saturated carbocycles. The monoisotopic (exact) mass is 976 g/mol. The standard InChI is InChI=1S/C69H44N4OS/c1-41-33-35-57(51-28-15-26-49-47-23-9-12-30-58(47)72(66(49)51)46-21-3-2-4-22-46)70-69(71-65(41)54-29-16-27-50-48-24-11-14-32-63(48)75-68(50)54)53-34-36-59(67-64(53)52-25-10-13-31-62(52)74-67)73-60-39-44-19-7-5-17-42(44)37-55(60)56-38-43-18-6-8-20-45(43)40-61(56)73/h2-32,34-41H,33H2,1H3/b57-35+,70-69?,71-65?. The molecule has 0 amide bonds. The van der Waals surface area contributed by atoms with Crippen LogP contribution < -0.4 is 0 Å². The summed E-state index contributed by atoms with van der Waals surface area (Å²) >= 11 is 1.85. The van der Waals surface area contributed by atoms with Gasteiger partial charge in [-0.3, -0.25) is 0 Å². The number of rotatable bonds is 5. The minimum Gasteiger partial charge on any atom is -0.454 e. The van der Waals surface area contributed by atoms with Crippen molar-refractivity contribution in [3.63, 3.8) is 0 Å². The molecule has 0 saturated heterocycles. The highest BCUT2D eigenvalue weighted by atomic mass is 32.1. The number of hydrogen-bond donors (Lipinski definition) is 0. The van der Waals surface area contributed by atoms with Gasteiger partial charge >= 0.3 is 0 Å². The second-order valence-electron chi connectivity index (χ2n) is 20.0. The number of aromatic nitrogens is 2. The van der Waals surface area contributed by atoms with Gasteiger partial charge in [0.2, 0.25) is 0 Å². The van der Waals surface area contributed by atoms with E-state index in [0.29, 0.717) is 5.84 Å². The van der Waals surface area contributed by atoms with Crippen molar-refractivity contribution in [1.29, 1.82) is 0 Å². The topological polar surface area (TPSA) is 47.7 Å². The van der Waals surface area contributed by atoms with Gasteiger partial charge in [0.15, 0.2) is 11.4 Å². The predicted octanol–water partition coefficient (Wildman–Crippen LogP) is 18.8. The van der Waals surface area contributed by atoms with Crippen molar-refractivity contribution in [2.75, 3.05) is 0 Å². The molecule has 0 aliphatic carbocycles. The van der Waals surface area contributed by atoms with E-state index in [2.05, 4.69) is 247 Å². The van der Waals surface area contributed by atoms with E-state index in [9.17, 15) is 0 Å². The lowest BCUT2D eigenvalue weighted by molar-refractivity contribution is 0.666. The average Bonchev–Trinajstić information content (AvgIpc) is 4.22. The molecule has 1 unspecified atom stereocenters. The lowest BCUT2D eigenvalue weighted by atomic mass is 9.92. The Labute approximate surface area is 434 Å². The van der Waals surface area contributed by atoms with E-state index in [4.69, 9.17) is 14.4 Å². The molecule has 5 heterocycles. The van der Waals surface area contributed by atoms with Crippen LogP contribution in [0.15, 0.2) is 245 Å². The number of hydrogen-bond acceptors (Lipinski definition) is 4. The fourth-order valence-electron chi connectivity index (χ4n) is 12.3. The Morgan fingerprint density at radius 2 is 1.08 bits per heavy atom. The maximum Gasteiger partial charge on any atom is 0.160 e. The van der Waals surface area contributed by atoms with E-state index in [1.54, 1.807) is 0 Å². The van der Waals surface area contributed by atoms with E-state index in [1.165, 1.54) is 63.3 Å². The third kappa shape index (κ3) is 6.36. The van der Waals surface area contributed by atoms with Crippen LogP contribution in [-0.2, 0) is 0 Å². The van der Waals surface area contributed by atoms with Gasteiger partial charge in [0.05, 0.1) is 39.2 Å². The Balaban J connectivity index is 1.01. The largest absolute Gasteiger partial charge is 0.454 e. The van der Waals surface area contributed by atoms with E-state index >= 15 is 0 Å². The zero-order chi connectivity index (χ0) is 49.3. The van der Waals surface area contributed by atoms with Gasteiger partial charge < -0.3 is 13.6 Å². The third-order valence-electron chi connectivity index (χ3n) is 15.7. The Bertz CT molecular complexity index is 4910. The van der Waals surface area contributed by atoms with Crippen LogP contribution in [0.2, 0.25) is 0 Å². The van der Waals surface area contributed by atoms with Crippen LogP contribution in [0.3, 0.4) is 0 Å². The van der Waals surface area contributed by atoms with Crippen LogP contribution >= 0.6 is 11.3 Å². The zero-order valence-corrected chi connectivity index (χ0v) is 41.6. The van der Waals surface area contributed by atoms with Crippen molar-refractivity contribution in [2.45, 2.75) is 13.3 Å². The van der Waals surface area contributed by atoms with Crippen molar-refractivity contribution in [1.82, 2.24) is 9.13 Å². The van der Waals surface area contributed by atoms with Gasteiger partial charge in [-0.25, -0.2) is 9.98 Å². The molecule has 1 aliphatic heterocycles. The van der Waals surface area contributed by atoms with Crippen molar-refractivity contribution >= 4 is 136 Å². The molecule has 352 valence electrons. The first-order valence-electron chi connectivity index (χ1n) is 25.8. The predicted molar refractivity (Wildman–Crippen MR) is 318 cm³/mol. The number of nitrogens with zero attached hydrogens (tertiary/aromatic N) is 4. The molecule has 15 aromatic rings. The van der Waals surface area contributed by atoms with Crippen LogP contribution in [0.4, 0.5) is 0 Å². The van der Waals surface area contributed by atoms with Gasteiger partial charge in [-0.1, -0.05) is 171 Å². The molecule has 1 aliphatic rings.